The minimum absolute atomic E-state index is 0.0332. The summed E-state index contributed by atoms with van der Waals surface area (Å²) in [5.41, 5.74) is -0.596. The third kappa shape index (κ3) is 7.32. The number of hydrogen-bond donors (Lipinski definition) is 1. The van der Waals surface area contributed by atoms with Crippen molar-refractivity contribution in [3.63, 3.8) is 0 Å². The Morgan fingerprint density at radius 3 is 2.00 bits per heavy atom. The van der Waals surface area contributed by atoms with E-state index < -0.39 is 11.7 Å². The Morgan fingerprint density at radius 2 is 1.52 bits per heavy atom. The number of piperazine rings is 1. The number of hydrogen-bond acceptors (Lipinski definition) is 5. The van der Waals surface area contributed by atoms with Gasteiger partial charge < -0.3 is 24.6 Å². The molecule has 0 aromatic carbocycles. The van der Waals surface area contributed by atoms with Crippen LogP contribution in [0.15, 0.2) is 0 Å². The van der Waals surface area contributed by atoms with Crippen molar-refractivity contribution in [1.29, 1.82) is 0 Å². The molecule has 1 saturated heterocycles. The van der Waals surface area contributed by atoms with E-state index in [4.69, 9.17) is 9.47 Å². The minimum atomic E-state index is -0.612. The maximum Gasteiger partial charge on any atom is 0.408 e. The van der Waals surface area contributed by atoms with Crippen molar-refractivity contribution < 1.29 is 23.9 Å². The molecular formula is C15H27N3O5. The lowest BCUT2D eigenvalue weighted by molar-refractivity contribution is -0.139. The lowest BCUT2D eigenvalue weighted by atomic mass is 10.2. The molecule has 8 nitrogen and oxygen atoms in total. The van der Waals surface area contributed by atoms with Gasteiger partial charge in [-0.15, -0.1) is 0 Å². The van der Waals surface area contributed by atoms with Gasteiger partial charge >= 0.3 is 6.09 Å². The summed E-state index contributed by atoms with van der Waals surface area (Å²) in [6, 6.07) is 0. The van der Waals surface area contributed by atoms with Gasteiger partial charge in [0.25, 0.3) is 0 Å². The molecule has 0 aromatic rings. The molecule has 132 valence electrons. The third-order valence-electron chi connectivity index (χ3n) is 3.29. The summed E-state index contributed by atoms with van der Waals surface area (Å²) >= 11 is 0. The first-order chi connectivity index (χ1) is 10.7. The van der Waals surface area contributed by atoms with Gasteiger partial charge in [-0.05, 0) is 20.8 Å². The fraction of sp³-hybridized carbons (Fsp3) is 0.800. The Hall–Kier alpha value is -1.83. The molecule has 8 heteroatoms. The van der Waals surface area contributed by atoms with Gasteiger partial charge in [0.2, 0.25) is 11.8 Å². The molecule has 0 aromatic heterocycles. The summed E-state index contributed by atoms with van der Waals surface area (Å²) in [6.07, 6.45) is -0.260. The van der Waals surface area contributed by atoms with E-state index >= 15 is 0 Å². The molecule has 0 spiro atoms. The molecule has 0 unspecified atom stereocenters. The zero-order chi connectivity index (χ0) is 17.5. The van der Waals surface area contributed by atoms with Crippen LogP contribution < -0.4 is 5.32 Å². The number of amides is 3. The van der Waals surface area contributed by atoms with Gasteiger partial charge in [-0.1, -0.05) is 0 Å². The Morgan fingerprint density at radius 1 is 1.00 bits per heavy atom. The highest BCUT2D eigenvalue weighted by Gasteiger charge is 2.24. The molecule has 1 fully saturated rings. The van der Waals surface area contributed by atoms with Crippen molar-refractivity contribution in [2.75, 3.05) is 46.4 Å². The number of nitrogens with one attached hydrogen (secondary N) is 1. The monoisotopic (exact) mass is 329 g/mol. The van der Waals surface area contributed by atoms with Crippen LogP contribution in [0.5, 0.6) is 0 Å². The van der Waals surface area contributed by atoms with Gasteiger partial charge in [0.1, 0.15) is 12.1 Å². The number of carbonyl (C=O) groups excluding carboxylic acids is 3. The van der Waals surface area contributed by atoms with Crippen molar-refractivity contribution in [2.45, 2.75) is 32.8 Å². The largest absolute Gasteiger partial charge is 0.444 e. The lowest BCUT2D eigenvalue weighted by Crippen LogP contribution is -2.52. The van der Waals surface area contributed by atoms with E-state index in [0.717, 1.165) is 0 Å². The Bertz CT molecular complexity index is 425. The minimum Gasteiger partial charge on any atom is -0.444 e. The molecular weight excluding hydrogens is 302 g/mol. The second-order valence-electron chi connectivity index (χ2n) is 6.36. The zero-order valence-electron chi connectivity index (χ0n) is 14.4. The first-order valence-corrected chi connectivity index (χ1v) is 7.74. The number of nitrogens with zero attached hydrogens (tertiary/aromatic N) is 2. The van der Waals surface area contributed by atoms with E-state index in [0.29, 0.717) is 39.2 Å². The Labute approximate surface area is 137 Å². The highest BCUT2D eigenvalue weighted by molar-refractivity contribution is 5.83. The highest BCUT2D eigenvalue weighted by atomic mass is 16.6. The number of methoxy groups -OCH3 is 1. The predicted molar refractivity (Wildman–Crippen MR) is 83.9 cm³/mol. The van der Waals surface area contributed by atoms with Gasteiger partial charge in [-0.3, -0.25) is 9.59 Å². The molecule has 1 aliphatic rings. The molecule has 23 heavy (non-hydrogen) atoms. The molecule has 1 N–H and O–H groups in total. The van der Waals surface area contributed by atoms with Crippen LogP contribution in [0, 0.1) is 0 Å². The molecule has 3 amide bonds. The molecule has 1 rings (SSSR count). The van der Waals surface area contributed by atoms with E-state index in [1.165, 1.54) is 0 Å². The van der Waals surface area contributed by atoms with E-state index in [9.17, 15) is 14.4 Å². The average molecular weight is 329 g/mol. The van der Waals surface area contributed by atoms with E-state index in [2.05, 4.69) is 5.32 Å². The third-order valence-corrected chi connectivity index (χ3v) is 3.29. The summed E-state index contributed by atoms with van der Waals surface area (Å²) in [5, 5.41) is 2.45. The van der Waals surface area contributed by atoms with E-state index in [1.54, 1.807) is 37.7 Å². The van der Waals surface area contributed by atoms with Crippen LogP contribution >= 0.6 is 0 Å². The van der Waals surface area contributed by atoms with Crippen LogP contribution in [-0.2, 0) is 19.1 Å². The zero-order valence-corrected chi connectivity index (χ0v) is 14.4. The summed E-state index contributed by atoms with van der Waals surface area (Å²) in [6.45, 7) is 7.50. The van der Waals surface area contributed by atoms with Crippen LogP contribution in [0.25, 0.3) is 0 Å². The normalized spacial score (nSPS) is 15.3. The van der Waals surface area contributed by atoms with Crippen molar-refractivity contribution in [2.24, 2.45) is 0 Å². The summed E-state index contributed by atoms with van der Waals surface area (Å²) in [7, 11) is 1.56. The quantitative estimate of drug-likeness (QED) is 0.779. The Kier molecular flexibility index (Phi) is 7.28. The number of alkyl carbamates (subject to hydrolysis) is 1. The van der Waals surface area contributed by atoms with Crippen molar-refractivity contribution in [3.8, 4) is 0 Å². The maximum atomic E-state index is 12.0. The highest BCUT2D eigenvalue weighted by Crippen LogP contribution is 2.07. The van der Waals surface area contributed by atoms with Crippen LogP contribution in [0.1, 0.15) is 27.2 Å². The van der Waals surface area contributed by atoms with Gasteiger partial charge in [0, 0.05) is 33.3 Å². The lowest BCUT2D eigenvalue weighted by Gasteiger charge is -2.34. The first-order valence-electron chi connectivity index (χ1n) is 7.74. The van der Waals surface area contributed by atoms with Gasteiger partial charge in [-0.25, -0.2) is 4.79 Å². The second-order valence-corrected chi connectivity index (χ2v) is 6.36. The van der Waals surface area contributed by atoms with Crippen LogP contribution in [-0.4, -0.2) is 79.7 Å². The van der Waals surface area contributed by atoms with Crippen LogP contribution in [0.4, 0.5) is 4.79 Å². The van der Waals surface area contributed by atoms with Gasteiger partial charge in [-0.2, -0.15) is 0 Å². The summed E-state index contributed by atoms with van der Waals surface area (Å²) < 4.78 is 9.96. The molecule has 0 atom stereocenters. The standard InChI is InChI=1S/C15H27N3O5/c1-15(2,3)23-14(21)16-11-13(20)18-8-6-17(7-9-18)12(19)5-10-22-4/h5-11H2,1-4H3,(H,16,21). The number of rotatable bonds is 5. The first kappa shape index (κ1) is 19.2. The topological polar surface area (TPSA) is 88.2 Å². The van der Waals surface area contributed by atoms with Gasteiger partial charge in [0.05, 0.1) is 13.0 Å². The Balaban J connectivity index is 2.30. The predicted octanol–water partition coefficient (Wildman–Crippen LogP) is 0.218. The van der Waals surface area contributed by atoms with Crippen molar-refractivity contribution in [3.05, 3.63) is 0 Å². The van der Waals surface area contributed by atoms with Crippen molar-refractivity contribution >= 4 is 17.9 Å². The number of carbonyl (C=O) groups is 3. The SMILES string of the molecule is COCCC(=O)N1CCN(C(=O)CNC(=O)OC(C)(C)C)CC1. The van der Waals surface area contributed by atoms with E-state index in [1.807, 2.05) is 0 Å². The second kappa shape index (κ2) is 8.71. The fourth-order valence-corrected chi connectivity index (χ4v) is 2.13. The van der Waals surface area contributed by atoms with Gasteiger partial charge in [0.15, 0.2) is 0 Å². The van der Waals surface area contributed by atoms with Crippen molar-refractivity contribution in [1.82, 2.24) is 15.1 Å². The van der Waals surface area contributed by atoms with E-state index in [-0.39, 0.29) is 18.4 Å². The molecule has 0 bridgehead atoms. The summed E-state index contributed by atoms with van der Waals surface area (Å²) in [4.78, 5) is 38.8. The molecule has 0 aliphatic carbocycles. The molecule has 0 saturated carbocycles. The van der Waals surface area contributed by atoms with Crippen LogP contribution in [0.3, 0.4) is 0 Å². The smallest absolute Gasteiger partial charge is 0.408 e. The average Bonchev–Trinajstić information content (AvgIpc) is 2.48. The van der Waals surface area contributed by atoms with Crippen LogP contribution in [0.2, 0.25) is 0 Å². The fourth-order valence-electron chi connectivity index (χ4n) is 2.13. The number of ether oxygens (including phenoxy) is 2. The molecule has 0 radical (unpaired) electrons. The molecule has 1 heterocycles. The maximum absolute atomic E-state index is 12.0. The summed E-state index contributed by atoms with van der Waals surface area (Å²) in [5.74, 6) is -0.148. The molecule has 1 aliphatic heterocycles.